The van der Waals surface area contributed by atoms with Gasteiger partial charge in [-0.05, 0) is 51.0 Å². The quantitative estimate of drug-likeness (QED) is 0.752. The lowest BCUT2D eigenvalue weighted by Crippen LogP contribution is -2.20. The molecule has 1 aliphatic rings. The zero-order valence-corrected chi connectivity index (χ0v) is 15.0. The largest absolute Gasteiger partial charge is 0.491 e. The van der Waals surface area contributed by atoms with Gasteiger partial charge < -0.3 is 15.4 Å². The summed E-state index contributed by atoms with van der Waals surface area (Å²) in [5.41, 5.74) is 0.942. The van der Waals surface area contributed by atoms with Gasteiger partial charge >= 0.3 is 0 Å². The van der Waals surface area contributed by atoms with Gasteiger partial charge in [0, 0.05) is 11.7 Å². The minimum absolute atomic E-state index is 0.169. The molecule has 0 atom stereocenters. The lowest BCUT2D eigenvalue weighted by atomic mass is 10.1. The summed E-state index contributed by atoms with van der Waals surface area (Å²) >= 11 is 0. The maximum absolute atomic E-state index is 5.66. The number of nitrogens with one attached hydrogen (secondary N) is 2. The molecule has 25 heavy (non-hydrogen) atoms. The van der Waals surface area contributed by atoms with Crippen LogP contribution in [0.15, 0.2) is 30.5 Å². The van der Waals surface area contributed by atoms with E-state index >= 15 is 0 Å². The predicted molar refractivity (Wildman–Crippen MR) is 100 cm³/mol. The van der Waals surface area contributed by atoms with E-state index in [4.69, 9.17) is 4.74 Å². The second-order valence-corrected chi connectivity index (χ2v) is 6.81. The van der Waals surface area contributed by atoms with E-state index in [2.05, 4.69) is 25.8 Å². The molecule has 6 nitrogen and oxygen atoms in total. The normalized spacial score (nSPS) is 15.6. The summed E-state index contributed by atoms with van der Waals surface area (Å²) in [7, 11) is 0. The first-order valence-electron chi connectivity index (χ1n) is 9.19. The number of nitrogens with zero attached hydrogens (tertiary/aromatic N) is 3. The predicted octanol–water partition coefficient (Wildman–Crippen LogP) is 4.54. The van der Waals surface area contributed by atoms with Gasteiger partial charge in [-0.1, -0.05) is 25.7 Å². The van der Waals surface area contributed by atoms with Crippen LogP contribution < -0.4 is 15.4 Å². The molecule has 3 rings (SSSR count). The fraction of sp³-hybridized carbons (Fsp3) is 0.526. The highest BCUT2D eigenvalue weighted by Crippen LogP contribution is 2.22. The van der Waals surface area contributed by atoms with E-state index in [1.807, 2.05) is 38.1 Å². The van der Waals surface area contributed by atoms with Crippen molar-refractivity contribution in [2.24, 2.45) is 0 Å². The fourth-order valence-electron chi connectivity index (χ4n) is 3.07. The molecule has 0 amide bonds. The summed E-state index contributed by atoms with van der Waals surface area (Å²) in [4.78, 5) is 4.54. The van der Waals surface area contributed by atoms with Crippen LogP contribution >= 0.6 is 0 Å². The Hall–Kier alpha value is -2.37. The Bertz CT molecular complexity index is 651. The van der Waals surface area contributed by atoms with E-state index in [-0.39, 0.29) is 6.10 Å². The summed E-state index contributed by atoms with van der Waals surface area (Å²) in [6, 6.07) is 8.28. The second kappa shape index (κ2) is 8.65. The smallest absolute Gasteiger partial charge is 0.244 e. The Kier molecular flexibility index (Phi) is 6.04. The van der Waals surface area contributed by atoms with Crippen molar-refractivity contribution in [2.75, 3.05) is 10.6 Å². The maximum atomic E-state index is 5.66. The Morgan fingerprint density at radius 3 is 2.44 bits per heavy atom. The van der Waals surface area contributed by atoms with Crippen molar-refractivity contribution < 1.29 is 4.74 Å². The summed E-state index contributed by atoms with van der Waals surface area (Å²) in [6.07, 6.45) is 9.36. The molecule has 6 heteroatoms. The molecular formula is C19H27N5O. The van der Waals surface area contributed by atoms with Gasteiger partial charge in [0.05, 0.1) is 12.3 Å². The average Bonchev–Trinajstić information content (AvgIpc) is 2.85. The highest BCUT2D eigenvalue weighted by molar-refractivity contribution is 5.57. The summed E-state index contributed by atoms with van der Waals surface area (Å²) in [6.45, 7) is 4.03. The highest BCUT2D eigenvalue weighted by atomic mass is 16.5. The van der Waals surface area contributed by atoms with Crippen LogP contribution in [0.2, 0.25) is 0 Å². The number of aromatic nitrogens is 3. The Labute approximate surface area is 149 Å². The van der Waals surface area contributed by atoms with Crippen molar-refractivity contribution in [1.82, 2.24) is 15.2 Å². The van der Waals surface area contributed by atoms with Crippen molar-refractivity contribution in [3.05, 3.63) is 30.5 Å². The average molecular weight is 341 g/mol. The van der Waals surface area contributed by atoms with Crippen LogP contribution in [0, 0.1) is 0 Å². The Morgan fingerprint density at radius 2 is 1.76 bits per heavy atom. The van der Waals surface area contributed by atoms with E-state index in [0.717, 1.165) is 11.4 Å². The monoisotopic (exact) mass is 341 g/mol. The number of anilines is 3. The van der Waals surface area contributed by atoms with E-state index in [9.17, 15) is 0 Å². The standard InChI is InChI=1S/C19H27N5O/c1-14(2)25-17-11-9-16(10-12-17)21-18-13-20-24-19(23-18)22-15-7-5-3-4-6-8-15/h9-15H,3-8H2,1-2H3,(H2,21,22,23,24). The minimum atomic E-state index is 0.169. The van der Waals surface area contributed by atoms with Gasteiger partial charge in [-0.15, -0.1) is 5.10 Å². The van der Waals surface area contributed by atoms with Crippen molar-refractivity contribution in [2.45, 2.75) is 64.5 Å². The van der Waals surface area contributed by atoms with Crippen LogP contribution in [0.4, 0.5) is 17.5 Å². The van der Waals surface area contributed by atoms with E-state index < -0.39 is 0 Å². The molecule has 2 aromatic rings. The third kappa shape index (κ3) is 5.59. The molecule has 0 aliphatic heterocycles. The van der Waals surface area contributed by atoms with Crippen molar-refractivity contribution in [1.29, 1.82) is 0 Å². The van der Waals surface area contributed by atoms with E-state index in [0.29, 0.717) is 17.8 Å². The fourth-order valence-corrected chi connectivity index (χ4v) is 3.07. The van der Waals surface area contributed by atoms with Gasteiger partial charge in [0.2, 0.25) is 5.95 Å². The van der Waals surface area contributed by atoms with Gasteiger partial charge in [-0.25, -0.2) is 0 Å². The number of hydrogen-bond donors (Lipinski definition) is 2. The molecule has 0 bridgehead atoms. The molecule has 134 valence electrons. The van der Waals surface area contributed by atoms with Gasteiger partial charge in [-0.2, -0.15) is 10.1 Å². The first-order chi connectivity index (χ1) is 12.2. The lowest BCUT2D eigenvalue weighted by Gasteiger charge is -2.16. The molecule has 1 saturated carbocycles. The number of rotatable bonds is 6. The van der Waals surface area contributed by atoms with Gasteiger partial charge in [0.15, 0.2) is 5.82 Å². The van der Waals surface area contributed by atoms with Crippen LogP contribution in [-0.2, 0) is 0 Å². The number of benzene rings is 1. The molecule has 1 heterocycles. The summed E-state index contributed by atoms with van der Waals surface area (Å²) in [5.74, 6) is 2.14. The molecule has 1 aliphatic carbocycles. The van der Waals surface area contributed by atoms with Crippen LogP contribution in [0.1, 0.15) is 52.4 Å². The van der Waals surface area contributed by atoms with Gasteiger partial charge in [0.1, 0.15) is 5.75 Å². The van der Waals surface area contributed by atoms with Gasteiger partial charge in [0.25, 0.3) is 0 Å². The topological polar surface area (TPSA) is 72.0 Å². The summed E-state index contributed by atoms with van der Waals surface area (Å²) < 4.78 is 5.66. The number of hydrogen-bond acceptors (Lipinski definition) is 6. The van der Waals surface area contributed by atoms with Crippen LogP contribution in [-0.4, -0.2) is 27.3 Å². The van der Waals surface area contributed by atoms with Gasteiger partial charge in [-0.3, -0.25) is 0 Å². The third-order valence-corrected chi connectivity index (χ3v) is 4.25. The molecule has 0 radical (unpaired) electrons. The van der Waals surface area contributed by atoms with E-state index in [1.165, 1.54) is 38.5 Å². The Morgan fingerprint density at radius 1 is 1.04 bits per heavy atom. The molecule has 1 aromatic carbocycles. The zero-order chi connectivity index (χ0) is 17.5. The van der Waals surface area contributed by atoms with Crippen LogP contribution in [0.5, 0.6) is 5.75 Å². The number of ether oxygens (including phenoxy) is 1. The van der Waals surface area contributed by atoms with E-state index in [1.54, 1.807) is 6.20 Å². The van der Waals surface area contributed by atoms with Crippen LogP contribution in [0.3, 0.4) is 0 Å². The molecular weight excluding hydrogens is 314 g/mol. The van der Waals surface area contributed by atoms with Crippen LogP contribution in [0.25, 0.3) is 0 Å². The molecule has 0 unspecified atom stereocenters. The molecule has 2 N–H and O–H groups in total. The lowest BCUT2D eigenvalue weighted by molar-refractivity contribution is 0.242. The highest BCUT2D eigenvalue weighted by Gasteiger charge is 2.13. The van der Waals surface area contributed by atoms with Crippen molar-refractivity contribution in [3.63, 3.8) is 0 Å². The molecule has 0 saturated heterocycles. The third-order valence-electron chi connectivity index (χ3n) is 4.25. The second-order valence-electron chi connectivity index (χ2n) is 6.81. The first-order valence-corrected chi connectivity index (χ1v) is 9.19. The Balaban J connectivity index is 1.61. The van der Waals surface area contributed by atoms with Crippen molar-refractivity contribution >= 4 is 17.5 Å². The zero-order valence-electron chi connectivity index (χ0n) is 15.0. The SMILES string of the molecule is CC(C)Oc1ccc(Nc2cnnc(NC3CCCCCC3)n2)cc1. The maximum Gasteiger partial charge on any atom is 0.244 e. The molecule has 1 fully saturated rings. The minimum Gasteiger partial charge on any atom is -0.491 e. The molecule has 1 aromatic heterocycles. The molecule has 0 spiro atoms. The van der Waals surface area contributed by atoms with Crippen molar-refractivity contribution in [3.8, 4) is 5.75 Å². The summed E-state index contributed by atoms with van der Waals surface area (Å²) in [5, 5.41) is 14.9. The first kappa shape index (κ1) is 17.5.